The number of amides is 1. The number of anilines is 1. The van der Waals surface area contributed by atoms with Crippen LogP contribution in [0.25, 0.3) is 0 Å². The Hall–Kier alpha value is -1.82. The molecule has 0 fully saturated rings. The molecule has 0 radical (unpaired) electrons. The Morgan fingerprint density at radius 2 is 2.08 bits per heavy atom. The van der Waals surface area contributed by atoms with Gasteiger partial charge in [0, 0.05) is 28.9 Å². The highest BCUT2D eigenvalue weighted by Gasteiger charge is 2.06. The summed E-state index contributed by atoms with van der Waals surface area (Å²) >= 11 is 9.10. The lowest BCUT2D eigenvalue weighted by atomic mass is 10.2. The number of hydrogen-bond acceptors (Lipinski definition) is 4. The molecule has 0 spiro atoms. The predicted octanol–water partition coefficient (Wildman–Crippen LogP) is 5.66. The van der Waals surface area contributed by atoms with Crippen LogP contribution in [0.4, 0.5) is 5.69 Å². The van der Waals surface area contributed by atoms with E-state index in [2.05, 4.69) is 16.4 Å². The third-order valence-corrected chi connectivity index (χ3v) is 5.77. The molecule has 2 heterocycles. The van der Waals surface area contributed by atoms with E-state index in [1.54, 1.807) is 18.0 Å². The molecular weight excluding hydrogens is 372 g/mol. The van der Waals surface area contributed by atoms with Gasteiger partial charge in [0.2, 0.25) is 5.91 Å². The number of carbonyl (C=O) groups excluding carboxylic acids is 1. The first-order chi connectivity index (χ1) is 12.2. The first kappa shape index (κ1) is 18.0. The number of nitrogens with zero attached hydrogens (tertiary/aromatic N) is 1. The minimum Gasteiger partial charge on any atom is -0.326 e. The van der Waals surface area contributed by atoms with Gasteiger partial charge in [0.25, 0.3) is 0 Å². The Morgan fingerprint density at radius 1 is 1.16 bits per heavy atom. The molecule has 0 atom stereocenters. The molecular formula is C19H17ClN2OS2. The number of thiophene rings is 1. The van der Waals surface area contributed by atoms with Crippen LogP contribution in [0.5, 0.6) is 0 Å². The van der Waals surface area contributed by atoms with Crippen molar-refractivity contribution in [3.63, 3.8) is 0 Å². The average Bonchev–Trinajstić information content (AvgIpc) is 3.05. The van der Waals surface area contributed by atoms with Crippen molar-refractivity contribution < 1.29 is 4.79 Å². The van der Waals surface area contributed by atoms with Crippen LogP contribution in [0.3, 0.4) is 0 Å². The summed E-state index contributed by atoms with van der Waals surface area (Å²) in [5.74, 6) is 0.827. The van der Waals surface area contributed by atoms with Crippen LogP contribution < -0.4 is 5.32 Å². The van der Waals surface area contributed by atoms with Crippen LogP contribution >= 0.6 is 34.7 Å². The Morgan fingerprint density at radius 3 is 2.84 bits per heavy atom. The molecule has 1 aromatic carbocycles. The molecule has 1 amide bonds. The molecule has 3 nitrogen and oxygen atoms in total. The highest BCUT2D eigenvalue weighted by atomic mass is 35.5. The van der Waals surface area contributed by atoms with Gasteiger partial charge in [-0.1, -0.05) is 29.8 Å². The second-order valence-electron chi connectivity index (χ2n) is 5.41. The summed E-state index contributed by atoms with van der Waals surface area (Å²) in [5.41, 5.74) is 1.98. The summed E-state index contributed by atoms with van der Waals surface area (Å²) in [7, 11) is 0. The van der Waals surface area contributed by atoms with Crippen molar-refractivity contribution in [3.8, 4) is 0 Å². The number of halogens is 1. The maximum absolute atomic E-state index is 12.1. The molecule has 0 saturated carbocycles. The third-order valence-electron chi connectivity index (χ3n) is 3.46. The van der Waals surface area contributed by atoms with E-state index in [-0.39, 0.29) is 5.91 Å². The molecule has 0 aliphatic rings. The number of rotatable bonds is 7. The second-order valence-corrected chi connectivity index (χ2v) is 8.21. The fourth-order valence-electron chi connectivity index (χ4n) is 2.27. The van der Waals surface area contributed by atoms with Crippen molar-refractivity contribution in [2.45, 2.75) is 23.6 Å². The van der Waals surface area contributed by atoms with E-state index in [1.807, 2.05) is 48.5 Å². The topological polar surface area (TPSA) is 42.0 Å². The quantitative estimate of drug-likeness (QED) is 0.531. The number of pyridine rings is 1. The Bertz CT molecular complexity index is 836. The number of thioether (sulfide) groups is 1. The van der Waals surface area contributed by atoms with Crippen LogP contribution in [-0.4, -0.2) is 10.9 Å². The van der Waals surface area contributed by atoms with E-state index in [0.717, 1.165) is 31.2 Å². The molecule has 0 bridgehead atoms. The van der Waals surface area contributed by atoms with Crippen molar-refractivity contribution in [2.24, 2.45) is 0 Å². The van der Waals surface area contributed by atoms with Gasteiger partial charge in [0.15, 0.2) is 0 Å². The van der Waals surface area contributed by atoms with Gasteiger partial charge in [0.05, 0.1) is 9.36 Å². The van der Waals surface area contributed by atoms with Gasteiger partial charge < -0.3 is 5.32 Å². The lowest BCUT2D eigenvalue weighted by Crippen LogP contribution is -2.12. The molecule has 0 aliphatic carbocycles. The van der Waals surface area contributed by atoms with Crippen LogP contribution in [-0.2, 0) is 17.0 Å². The number of hydrogen-bond donors (Lipinski definition) is 1. The summed E-state index contributed by atoms with van der Waals surface area (Å²) in [5, 5.41) is 3.96. The van der Waals surface area contributed by atoms with Crippen molar-refractivity contribution >= 4 is 46.3 Å². The molecule has 3 rings (SSSR count). The molecule has 3 aromatic rings. The number of benzene rings is 1. The summed E-state index contributed by atoms with van der Waals surface area (Å²) in [6.07, 6.45) is 2.95. The highest BCUT2D eigenvalue weighted by molar-refractivity contribution is 7.98. The molecule has 25 heavy (non-hydrogen) atoms. The van der Waals surface area contributed by atoms with E-state index in [9.17, 15) is 4.79 Å². The predicted molar refractivity (Wildman–Crippen MR) is 107 cm³/mol. The number of aromatic nitrogens is 1. The second kappa shape index (κ2) is 9.04. The zero-order valence-corrected chi connectivity index (χ0v) is 15.8. The smallest absolute Gasteiger partial charge is 0.224 e. The van der Waals surface area contributed by atoms with Gasteiger partial charge in [-0.15, -0.1) is 23.1 Å². The van der Waals surface area contributed by atoms with E-state index < -0.39 is 0 Å². The van der Waals surface area contributed by atoms with Gasteiger partial charge in [-0.2, -0.15) is 0 Å². The minimum absolute atomic E-state index is 0.0130. The largest absolute Gasteiger partial charge is 0.326 e. The fraction of sp³-hybridized carbons (Fsp3) is 0.158. The van der Waals surface area contributed by atoms with Gasteiger partial charge >= 0.3 is 0 Å². The molecule has 6 heteroatoms. The maximum Gasteiger partial charge on any atom is 0.224 e. The summed E-state index contributed by atoms with van der Waals surface area (Å²) in [4.78, 5) is 17.6. The van der Waals surface area contributed by atoms with E-state index in [0.29, 0.717) is 12.8 Å². The van der Waals surface area contributed by atoms with E-state index >= 15 is 0 Å². The molecule has 0 unspecified atom stereocenters. The number of aryl methyl sites for hydroxylation is 1. The van der Waals surface area contributed by atoms with Gasteiger partial charge in [-0.05, 0) is 48.4 Å². The first-order valence-corrected chi connectivity index (χ1v) is 10.0. The number of nitrogens with one attached hydrogen (secondary N) is 1. The SMILES string of the molecule is O=C(CCc1ccc(Cl)s1)Nc1cccc(CSc2ccccn2)c1. The Labute approximate surface area is 160 Å². The average molecular weight is 389 g/mol. The van der Waals surface area contributed by atoms with Crippen LogP contribution in [0, 0.1) is 0 Å². The lowest BCUT2D eigenvalue weighted by molar-refractivity contribution is -0.116. The monoisotopic (exact) mass is 388 g/mol. The zero-order chi connectivity index (χ0) is 17.5. The Kier molecular flexibility index (Phi) is 6.50. The molecule has 0 saturated heterocycles. The molecule has 128 valence electrons. The Balaban J connectivity index is 1.51. The summed E-state index contributed by atoms with van der Waals surface area (Å²) < 4.78 is 0.758. The molecule has 0 aliphatic heterocycles. The third kappa shape index (κ3) is 5.88. The van der Waals surface area contributed by atoms with Crippen molar-refractivity contribution in [1.82, 2.24) is 4.98 Å². The van der Waals surface area contributed by atoms with Crippen molar-refractivity contribution in [1.29, 1.82) is 0 Å². The van der Waals surface area contributed by atoms with Crippen LogP contribution in [0.15, 0.2) is 65.8 Å². The normalized spacial score (nSPS) is 10.6. The van der Waals surface area contributed by atoms with Gasteiger partial charge in [-0.25, -0.2) is 4.98 Å². The van der Waals surface area contributed by atoms with E-state index in [4.69, 9.17) is 11.6 Å². The number of carbonyl (C=O) groups is 1. The summed E-state index contributed by atoms with van der Waals surface area (Å²) in [6.45, 7) is 0. The maximum atomic E-state index is 12.1. The minimum atomic E-state index is 0.0130. The zero-order valence-electron chi connectivity index (χ0n) is 13.4. The van der Waals surface area contributed by atoms with Crippen molar-refractivity contribution in [2.75, 3.05) is 5.32 Å². The molecule has 1 N–H and O–H groups in total. The summed E-state index contributed by atoms with van der Waals surface area (Å²) in [6, 6.07) is 17.6. The molecule has 2 aromatic heterocycles. The fourth-order valence-corrected chi connectivity index (χ4v) is 4.17. The van der Waals surface area contributed by atoms with E-state index in [1.165, 1.54) is 11.3 Å². The van der Waals surface area contributed by atoms with Gasteiger partial charge in [-0.3, -0.25) is 4.79 Å². The van der Waals surface area contributed by atoms with Gasteiger partial charge in [0.1, 0.15) is 0 Å². The first-order valence-electron chi connectivity index (χ1n) is 7.86. The van der Waals surface area contributed by atoms with Crippen LogP contribution in [0.2, 0.25) is 4.34 Å². The lowest BCUT2D eigenvalue weighted by Gasteiger charge is -2.07. The van der Waals surface area contributed by atoms with Crippen LogP contribution in [0.1, 0.15) is 16.9 Å². The van der Waals surface area contributed by atoms with Crippen molar-refractivity contribution in [3.05, 3.63) is 75.6 Å². The highest BCUT2D eigenvalue weighted by Crippen LogP contribution is 2.24. The standard InChI is InChI=1S/C19H17ClN2OS2/c20-17-9-7-16(25-17)8-10-18(23)22-15-5-3-4-14(12-15)13-24-19-6-1-2-11-21-19/h1-7,9,11-12H,8,10,13H2,(H,22,23).